The Morgan fingerprint density at radius 3 is 2.59 bits per heavy atom. The van der Waals surface area contributed by atoms with Gasteiger partial charge < -0.3 is 4.74 Å². The molecule has 0 aliphatic heterocycles. The molecule has 0 unspecified atom stereocenters. The molecule has 1 aromatic rings. The highest BCUT2D eigenvalue weighted by Gasteiger charge is 2.30. The first-order valence-corrected chi connectivity index (χ1v) is 8.73. The van der Waals surface area contributed by atoms with Crippen LogP contribution < -0.4 is 0 Å². The number of rotatable bonds is 9. The predicted molar refractivity (Wildman–Crippen MR) is 92.2 cm³/mol. The lowest BCUT2D eigenvalue weighted by Gasteiger charge is -2.29. The molecule has 0 saturated heterocycles. The molecule has 1 aromatic carbocycles. The number of benzene rings is 1. The summed E-state index contributed by atoms with van der Waals surface area (Å²) in [7, 11) is 0. The Morgan fingerprint density at radius 2 is 2.05 bits per heavy atom. The van der Waals surface area contributed by atoms with Crippen LogP contribution in [0.25, 0.3) is 0 Å². The van der Waals surface area contributed by atoms with Gasteiger partial charge in [-0.2, -0.15) is 5.06 Å². The Bertz CT molecular complexity index is 455. The minimum Gasteiger partial charge on any atom is -0.443 e. The molecule has 1 rings (SSSR count). The smallest absolute Gasteiger partial charge is 0.434 e. The SMILES string of the molecule is CC[C@H](C)[C@@H]([C]=O)N(OCCI)C(=O)OCc1ccccc1. The van der Waals surface area contributed by atoms with E-state index in [4.69, 9.17) is 9.57 Å². The summed E-state index contributed by atoms with van der Waals surface area (Å²) in [6.07, 6.45) is 1.96. The number of hydroxylamine groups is 2. The Hall–Kier alpha value is -1.15. The Morgan fingerprint density at radius 1 is 1.36 bits per heavy atom. The Balaban J connectivity index is 2.72. The third-order valence-corrected chi connectivity index (χ3v) is 3.69. The molecule has 1 amide bonds. The van der Waals surface area contributed by atoms with Crippen molar-refractivity contribution < 1.29 is 19.2 Å². The summed E-state index contributed by atoms with van der Waals surface area (Å²) in [6.45, 7) is 4.28. The number of amides is 1. The average Bonchev–Trinajstić information content (AvgIpc) is 2.56. The molecular weight excluding hydrogens is 397 g/mol. The Labute approximate surface area is 145 Å². The second-order valence-electron chi connectivity index (χ2n) is 4.84. The lowest BCUT2D eigenvalue weighted by atomic mass is 10.0. The minimum atomic E-state index is -0.767. The van der Waals surface area contributed by atoms with Gasteiger partial charge in [0, 0.05) is 4.43 Å². The standard InChI is InChI=1S/C16H21INO4/c1-3-13(2)15(11-19)18(22-10-9-17)16(20)21-12-14-7-5-4-6-8-14/h4-8,13,15H,3,9-10,12H2,1-2H3/t13-,15+/m0/s1. The van der Waals surface area contributed by atoms with E-state index >= 15 is 0 Å². The molecule has 0 N–H and O–H groups in total. The molecule has 0 heterocycles. The van der Waals surface area contributed by atoms with Crippen LogP contribution in [-0.2, 0) is 21.0 Å². The highest BCUT2D eigenvalue weighted by atomic mass is 127. The lowest BCUT2D eigenvalue weighted by molar-refractivity contribution is -0.152. The van der Waals surface area contributed by atoms with Crippen molar-refractivity contribution in [2.75, 3.05) is 11.0 Å². The lowest BCUT2D eigenvalue weighted by Crippen LogP contribution is -2.45. The second kappa shape index (κ2) is 10.6. The fourth-order valence-electron chi connectivity index (χ4n) is 1.78. The number of alkyl halides is 1. The first-order chi connectivity index (χ1) is 10.6. The van der Waals surface area contributed by atoms with Crippen molar-refractivity contribution in [1.82, 2.24) is 5.06 Å². The number of carbonyl (C=O) groups is 1. The largest absolute Gasteiger partial charge is 0.443 e. The summed E-state index contributed by atoms with van der Waals surface area (Å²) in [4.78, 5) is 28.9. The third kappa shape index (κ3) is 5.92. The number of hydrogen-bond donors (Lipinski definition) is 0. The number of carbonyl (C=O) groups excluding carboxylic acids is 2. The van der Waals surface area contributed by atoms with Crippen molar-refractivity contribution in [3.05, 3.63) is 35.9 Å². The van der Waals surface area contributed by atoms with Crippen LogP contribution in [0.5, 0.6) is 0 Å². The number of hydrogen-bond acceptors (Lipinski definition) is 4. The molecule has 0 spiro atoms. The molecule has 1 radical (unpaired) electrons. The molecular formula is C16H21INO4. The maximum atomic E-state index is 12.2. The van der Waals surface area contributed by atoms with Crippen molar-refractivity contribution >= 4 is 35.0 Å². The van der Waals surface area contributed by atoms with Crippen LogP contribution in [0.4, 0.5) is 4.79 Å². The fourth-order valence-corrected chi connectivity index (χ4v) is 1.98. The van der Waals surface area contributed by atoms with Gasteiger partial charge in [-0.15, -0.1) is 0 Å². The van der Waals surface area contributed by atoms with Gasteiger partial charge in [-0.1, -0.05) is 73.2 Å². The summed E-state index contributed by atoms with van der Waals surface area (Å²) >= 11 is 2.13. The van der Waals surface area contributed by atoms with E-state index in [1.807, 2.05) is 50.5 Å². The molecule has 2 atom stereocenters. The van der Waals surface area contributed by atoms with Crippen molar-refractivity contribution in [1.29, 1.82) is 0 Å². The van der Waals surface area contributed by atoms with E-state index in [1.165, 1.54) is 0 Å². The van der Waals surface area contributed by atoms with Crippen LogP contribution in [0.1, 0.15) is 25.8 Å². The van der Waals surface area contributed by atoms with Gasteiger partial charge in [0.1, 0.15) is 12.6 Å². The molecule has 0 fully saturated rings. The fraction of sp³-hybridized carbons (Fsp3) is 0.500. The summed E-state index contributed by atoms with van der Waals surface area (Å²) in [5.41, 5.74) is 0.875. The first-order valence-electron chi connectivity index (χ1n) is 7.20. The van der Waals surface area contributed by atoms with E-state index in [0.29, 0.717) is 11.0 Å². The summed E-state index contributed by atoms with van der Waals surface area (Å²) in [5, 5.41) is 1.02. The van der Waals surface area contributed by atoms with Crippen LogP contribution in [0.3, 0.4) is 0 Å². The highest BCUT2D eigenvalue weighted by Crippen LogP contribution is 2.16. The zero-order valence-electron chi connectivity index (χ0n) is 12.8. The van der Waals surface area contributed by atoms with Gasteiger partial charge in [0.25, 0.3) is 0 Å². The molecule has 0 aromatic heterocycles. The van der Waals surface area contributed by atoms with E-state index in [2.05, 4.69) is 22.6 Å². The molecule has 0 aliphatic rings. The first kappa shape index (κ1) is 18.9. The minimum absolute atomic E-state index is 0.0593. The normalized spacial score (nSPS) is 13.2. The van der Waals surface area contributed by atoms with Crippen molar-refractivity contribution in [2.24, 2.45) is 5.92 Å². The van der Waals surface area contributed by atoms with E-state index in [0.717, 1.165) is 17.0 Å². The van der Waals surface area contributed by atoms with Gasteiger partial charge >= 0.3 is 6.09 Å². The van der Waals surface area contributed by atoms with E-state index in [-0.39, 0.29) is 12.5 Å². The molecule has 121 valence electrons. The van der Waals surface area contributed by atoms with Gasteiger partial charge in [0.2, 0.25) is 6.29 Å². The maximum absolute atomic E-state index is 12.2. The number of ether oxygens (including phenoxy) is 1. The highest BCUT2D eigenvalue weighted by molar-refractivity contribution is 14.1. The summed E-state index contributed by atoms with van der Waals surface area (Å²) in [6, 6.07) is 8.59. The number of halogens is 1. The van der Waals surface area contributed by atoms with Crippen molar-refractivity contribution in [3.63, 3.8) is 0 Å². The molecule has 0 aliphatic carbocycles. The molecule has 0 saturated carbocycles. The molecule has 0 bridgehead atoms. The zero-order valence-corrected chi connectivity index (χ0v) is 15.0. The van der Waals surface area contributed by atoms with Gasteiger partial charge in [-0.05, 0) is 11.5 Å². The van der Waals surface area contributed by atoms with Crippen LogP contribution in [-0.4, -0.2) is 34.5 Å². The summed E-state index contributed by atoms with van der Waals surface area (Å²) < 4.78 is 5.95. The van der Waals surface area contributed by atoms with Crippen LogP contribution in [0.15, 0.2) is 30.3 Å². The second-order valence-corrected chi connectivity index (χ2v) is 5.92. The van der Waals surface area contributed by atoms with Gasteiger partial charge in [0.05, 0.1) is 6.61 Å². The monoisotopic (exact) mass is 418 g/mol. The van der Waals surface area contributed by atoms with E-state index in [1.54, 1.807) is 0 Å². The third-order valence-electron chi connectivity index (χ3n) is 3.25. The topological polar surface area (TPSA) is 55.8 Å². The van der Waals surface area contributed by atoms with Gasteiger partial charge in [0.15, 0.2) is 0 Å². The maximum Gasteiger partial charge on any atom is 0.434 e. The predicted octanol–water partition coefficient (Wildman–Crippen LogP) is 3.52. The Kier molecular flexibility index (Phi) is 9.07. The van der Waals surface area contributed by atoms with Gasteiger partial charge in [-0.3, -0.25) is 9.63 Å². The van der Waals surface area contributed by atoms with Crippen LogP contribution in [0.2, 0.25) is 0 Å². The van der Waals surface area contributed by atoms with E-state index in [9.17, 15) is 9.59 Å². The molecule has 22 heavy (non-hydrogen) atoms. The number of nitrogens with zero attached hydrogens (tertiary/aromatic N) is 1. The average molecular weight is 418 g/mol. The summed E-state index contributed by atoms with van der Waals surface area (Å²) in [5.74, 6) is -0.0593. The van der Waals surface area contributed by atoms with Crippen LogP contribution in [0, 0.1) is 5.92 Å². The van der Waals surface area contributed by atoms with Gasteiger partial charge in [-0.25, -0.2) is 4.79 Å². The zero-order chi connectivity index (χ0) is 16.4. The van der Waals surface area contributed by atoms with Crippen LogP contribution >= 0.6 is 22.6 Å². The van der Waals surface area contributed by atoms with Crippen molar-refractivity contribution in [3.8, 4) is 0 Å². The van der Waals surface area contributed by atoms with E-state index < -0.39 is 12.1 Å². The van der Waals surface area contributed by atoms with Crippen molar-refractivity contribution in [2.45, 2.75) is 32.9 Å². The molecule has 5 nitrogen and oxygen atoms in total. The quantitative estimate of drug-likeness (QED) is 0.350. The molecule has 6 heteroatoms.